The highest BCUT2D eigenvalue weighted by Crippen LogP contribution is 2.51. The number of aliphatic hydroxyl groups is 1. The van der Waals surface area contributed by atoms with Gasteiger partial charge in [0.1, 0.15) is 12.8 Å². The molecular weight excluding hydrogens is 568 g/mol. The van der Waals surface area contributed by atoms with E-state index < -0.39 is 22.4 Å². The normalized spacial score (nSPS) is 19.5. The third-order valence-corrected chi connectivity index (χ3v) is 9.56. The molecule has 46 heavy (non-hydrogen) atoms. The summed E-state index contributed by atoms with van der Waals surface area (Å²) in [5.41, 5.74) is 5.29. The molecule has 5 nitrogen and oxygen atoms in total. The number of likely N-dealkylation sites (N-methyl/N-ethyl adjacent to an activating group) is 1. The van der Waals surface area contributed by atoms with Crippen molar-refractivity contribution in [2.24, 2.45) is 0 Å². The topological polar surface area (TPSA) is 60.6 Å². The van der Waals surface area contributed by atoms with Gasteiger partial charge >= 0.3 is 0 Å². The second-order valence-corrected chi connectivity index (χ2v) is 12.6. The average molecular weight is 614 g/mol. The second-order valence-electron chi connectivity index (χ2n) is 12.6. The van der Waals surface area contributed by atoms with Gasteiger partial charge in [0.25, 0.3) is 0 Å². The summed E-state index contributed by atoms with van der Waals surface area (Å²) in [6.45, 7) is 16.5. The number of Topliss-reactive ketones (excluding diaryl/α,β-unsaturated/α-hetero) is 2. The van der Waals surface area contributed by atoms with E-state index in [0.29, 0.717) is 0 Å². The molecule has 1 aliphatic carbocycles. The van der Waals surface area contributed by atoms with Crippen molar-refractivity contribution >= 4 is 50.2 Å². The molecule has 0 atom stereocenters. The van der Waals surface area contributed by atoms with Crippen LogP contribution in [0.2, 0.25) is 0 Å². The fraction of sp³-hybridized carbons (Fsp3) is 0.293. The van der Waals surface area contributed by atoms with E-state index in [0.717, 1.165) is 55.5 Å². The number of carbonyl (C=O) groups excluding carboxylic acids is 2. The van der Waals surface area contributed by atoms with Gasteiger partial charge in [-0.1, -0.05) is 96.1 Å². The number of ketones is 2. The van der Waals surface area contributed by atoms with Crippen molar-refractivity contribution in [3.63, 3.8) is 0 Å². The van der Waals surface area contributed by atoms with Crippen LogP contribution in [0.25, 0.3) is 21.5 Å². The molecule has 7 rings (SSSR count). The molecule has 0 radical (unpaired) electrons. The van der Waals surface area contributed by atoms with Gasteiger partial charge in [-0.3, -0.25) is 9.59 Å². The van der Waals surface area contributed by atoms with Crippen LogP contribution in [0.15, 0.2) is 108 Å². The minimum absolute atomic E-state index is 0.0420. The lowest BCUT2D eigenvalue weighted by Gasteiger charge is -2.24. The fourth-order valence-electron chi connectivity index (χ4n) is 7.45. The van der Waals surface area contributed by atoms with Gasteiger partial charge in [-0.05, 0) is 59.2 Å². The number of anilines is 1. The summed E-state index contributed by atoms with van der Waals surface area (Å²) in [5, 5.41) is 16.1. The van der Waals surface area contributed by atoms with E-state index in [-0.39, 0.29) is 16.9 Å². The second kappa shape index (κ2) is 11.9. The van der Waals surface area contributed by atoms with E-state index in [1.54, 1.807) is 12.2 Å². The van der Waals surface area contributed by atoms with Crippen molar-refractivity contribution in [2.45, 2.75) is 66.2 Å². The van der Waals surface area contributed by atoms with E-state index in [9.17, 15) is 14.7 Å². The molecular formula is C41H45N2O3+. The molecule has 0 aromatic heterocycles. The van der Waals surface area contributed by atoms with Crippen LogP contribution in [0.3, 0.4) is 0 Å². The van der Waals surface area contributed by atoms with Crippen molar-refractivity contribution in [1.82, 2.24) is 0 Å². The predicted molar refractivity (Wildman–Crippen MR) is 192 cm³/mol. The highest BCUT2D eigenvalue weighted by atomic mass is 16.3. The van der Waals surface area contributed by atoms with E-state index >= 15 is 0 Å². The Hall–Kier alpha value is -4.77. The van der Waals surface area contributed by atoms with Crippen molar-refractivity contribution in [1.29, 1.82) is 0 Å². The molecule has 0 unspecified atom stereocenters. The number of hydrogen-bond donors (Lipinski definition) is 1. The maximum atomic E-state index is 13.4. The number of aliphatic hydroxyl groups excluding tert-OH is 1. The minimum atomic E-state index is -0.682. The van der Waals surface area contributed by atoms with Gasteiger partial charge < -0.3 is 10.0 Å². The molecule has 236 valence electrons. The lowest BCUT2D eigenvalue weighted by molar-refractivity contribution is -0.401. The Labute approximate surface area is 272 Å². The Kier molecular flexibility index (Phi) is 8.41. The average Bonchev–Trinajstić information content (AvgIpc) is 3.49. The predicted octanol–water partition coefficient (Wildman–Crippen LogP) is 9.25. The van der Waals surface area contributed by atoms with Crippen LogP contribution in [0, 0.1) is 0 Å². The third kappa shape index (κ3) is 4.63. The molecule has 2 aliphatic heterocycles. The van der Waals surface area contributed by atoms with Crippen LogP contribution < -0.4 is 4.90 Å². The lowest BCUT2D eigenvalue weighted by atomic mass is 9.78. The molecule has 0 saturated heterocycles. The van der Waals surface area contributed by atoms with Gasteiger partial charge in [0.15, 0.2) is 5.71 Å². The Morgan fingerprint density at radius 1 is 0.696 bits per heavy atom. The van der Waals surface area contributed by atoms with Crippen LogP contribution in [-0.2, 0) is 20.4 Å². The first kappa shape index (κ1) is 32.6. The Morgan fingerprint density at radius 2 is 1.24 bits per heavy atom. The molecule has 4 aromatic carbocycles. The minimum Gasteiger partial charge on any atom is -0.506 e. The van der Waals surface area contributed by atoms with E-state index in [4.69, 9.17) is 0 Å². The van der Waals surface area contributed by atoms with Gasteiger partial charge in [0, 0.05) is 41.6 Å². The van der Waals surface area contributed by atoms with Crippen molar-refractivity contribution in [3.05, 3.63) is 119 Å². The number of nitrogens with zero attached hydrogens (tertiary/aromatic N) is 2. The van der Waals surface area contributed by atoms with E-state index in [1.165, 1.54) is 0 Å². The zero-order chi connectivity index (χ0) is 33.7. The molecule has 4 aromatic rings. The molecule has 2 heterocycles. The quantitative estimate of drug-likeness (QED) is 0.139. The standard InChI is InChI=1S/C37H32N2O3.2C2H6/c1-36(2)29(38(5)27-17-15-21-11-7-9-13-23(21)31(27)36)19-25-33(40)26(35(42)34(25)41)20-30-37(3,4)32-24-14-10-8-12-22(24)16-18-28(32)39(30)6;2*1-2/h7-20H,1-6H3;2*1-2H3/p+1. The van der Waals surface area contributed by atoms with Gasteiger partial charge in [0.2, 0.25) is 17.3 Å². The maximum Gasteiger partial charge on any atom is 0.237 e. The SMILES string of the molecule is CC.CC.CN1/C(=C\C2=C(O)C(=C/C3=[N+](C)c4ccc5ccccc5c4C3(C)C)/C(=O)C2=O)C(C)(C)c2c1ccc1ccccc21. The van der Waals surface area contributed by atoms with Crippen LogP contribution in [0.4, 0.5) is 11.4 Å². The number of rotatable bonds is 2. The van der Waals surface area contributed by atoms with Crippen LogP contribution >= 0.6 is 0 Å². The molecule has 0 bridgehead atoms. The van der Waals surface area contributed by atoms with Crippen molar-refractivity contribution in [3.8, 4) is 0 Å². The molecule has 3 aliphatic rings. The molecule has 0 fully saturated rings. The van der Waals surface area contributed by atoms with Crippen LogP contribution in [0.1, 0.15) is 66.5 Å². The Morgan fingerprint density at radius 3 is 1.85 bits per heavy atom. The van der Waals surface area contributed by atoms with Gasteiger partial charge in [-0.15, -0.1) is 0 Å². The summed E-state index contributed by atoms with van der Waals surface area (Å²) in [7, 11) is 3.94. The summed E-state index contributed by atoms with van der Waals surface area (Å²) >= 11 is 0. The molecule has 1 N–H and O–H groups in total. The summed E-state index contributed by atoms with van der Waals surface area (Å²) in [6.07, 6.45) is 3.42. The van der Waals surface area contributed by atoms with Crippen LogP contribution in [0.5, 0.6) is 0 Å². The number of fused-ring (bicyclic) bond motifs is 6. The zero-order valence-corrected chi connectivity index (χ0v) is 28.7. The third-order valence-electron chi connectivity index (χ3n) is 9.56. The van der Waals surface area contributed by atoms with E-state index in [2.05, 4.69) is 85.7 Å². The van der Waals surface area contributed by atoms with Crippen molar-refractivity contribution in [2.75, 3.05) is 19.0 Å². The first-order valence-corrected chi connectivity index (χ1v) is 16.3. The van der Waals surface area contributed by atoms with Crippen LogP contribution in [-0.4, -0.2) is 41.1 Å². The Balaban J connectivity index is 0.00000100. The first-order valence-electron chi connectivity index (χ1n) is 16.3. The molecule has 5 heteroatoms. The van der Waals surface area contributed by atoms with Gasteiger partial charge in [0.05, 0.1) is 16.6 Å². The fourth-order valence-corrected chi connectivity index (χ4v) is 7.45. The zero-order valence-electron chi connectivity index (χ0n) is 28.7. The largest absolute Gasteiger partial charge is 0.506 e. The number of carbonyl (C=O) groups is 2. The van der Waals surface area contributed by atoms with E-state index in [1.807, 2.05) is 66.1 Å². The highest BCUT2D eigenvalue weighted by Gasteiger charge is 2.47. The highest BCUT2D eigenvalue weighted by molar-refractivity contribution is 6.54. The summed E-state index contributed by atoms with van der Waals surface area (Å²) in [6, 6.07) is 24.9. The lowest BCUT2D eigenvalue weighted by Crippen LogP contribution is -2.28. The summed E-state index contributed by atoms with van der Waals surface area (Å²) in [5.74, 6) is -1.63. The number of benzene rings is 4. The monoisotopic (exact) mass is 613 g/mol. The van der Waals surface area contributed by atoms with Gasteiger partial charge in [-0.25, -0.2) is 0 Å². The maximum absolute atomic E-state index is 13.4. The summed E-state index contributed by atoms with van der Waals surface area (Å²) in [4.78, 5) is 28.9. The summed E-state index contributed by atoms with van der Waals surface area (Å²) < 4.78 is 2.06. The molecule has 0 saturated carbocycles. The molecule has 0 spiro atoms. The van der Waals surface area contributed by atoms with Crippen molar-refractivity contribution < 1.29 is 19.3 Å². The molecule has 0 amide bonds. The Bertz CT molecular complexity index is 2050. The number of allylic oxidation sites excluding steroid dienone is 5. The first-order chi connectivity index (χ1) is 21.9. The van der Waals surface area contributed by atoms with Gasteiger partial charge in [-0.2, -0.15) is 4.58 Å². The number of hydrogen-bond acceptors (Lipinski definition) is 4. The smallest absolute Gasteiger partial charge is 0.237 e.